The van der Waals surface area contributed by atoms with Crippen LogP contribution in [0.2, 0.25) is 0 Å². The zero-order valence-corrected chi connectivity index (χ0v) is 15.2. The summed E-state index contributed by atoms with van der Waals surface area (Å²) in [5, 5.41) is 0. The van der Waals surface area contributed by atoms with Crippen LogP contribution in [-0.2, 0) is 9.53 Å². The van der Waals surface area contributed by atoms with E-state index in [9.17, 15) is 4.79 Å². The van der Waals surface area contributed by atoms with Crippen LogP contribution in [0.3, 0.4) is 0 Å². The molecule has 24 heavy (non-hydrogen) atoms. The quantitative estimate of drug-likeness (QED) is 0.553. The number of carbonyl (C=O) groups is 1. The molecule has 2 aromatic carbocycles. The SMILES string of the molecule is Cc1ccccc1-c1cc(OCOC(=O)CC(C)(C)C)ccc1C. The fraction of sp³-hybridized carbons (Fsp3) is 0.381. The standard InChI is InChI=1S/C21H26O3/c1-15-8-6-7-9-18(15)19-12-17(11-10-16(19)2)23-14-24-20(22)13-21(3,4)5/h6-12H,13-14H2,1-5H3. The Morgan fingerprint density at radius 3 is 2.29 bits per heavy atom. The van der Waals surface area contributed by atoms with Crippen molar-refractivity contribution in [1.82, 2.24) is 0 Å². The van der Waals surface area contributed by atoms with E-state index >= 15 is 0 Å². The number of ether oxygens (including phenoxy) is 2. The van der Waals surface area contributed by atoms with E-state index in [0.717, 1.165) is 5.56 Å². The highest BCUT2D eigenvalue weighted by Crippen LogP contribution is 2.30. The maximum atomic E-state index is 11.7. The number of rotatable bonds is 5. The minimum absolute atomic E-state index is 0.0643. The van der Waals surface area contributed by atoms with Gasteiger partial charge in [-0.15, -0.1) is 0 Å². The molecule has 0 amide bonds. The van der Waals surface area contributed by atoms with Crippen molar-refractivity contribution in [3.63, 3.8) is 0 Å². The van der Waals surface area contributed by atoms with E-state index in [4.69, 9.17) is 9.47 Å². The molecule has 0 atom stereocenters. The third kappa shape index (κ3) is 5.12. The van der Waals surface area contributed by atoms with Crippen molar-refractivity contribution in [2.45, 2.75) is 41.0 Å². The van der Waals surface area contributed by atoms with Crippen LogP contribution in [-0.4, -0.2) is 12.8 Å². The molecule has 0 aliphatic heterocycles. The summed E-state index contributed by atoms with van der Waals surface area (Å²) in [6.07, 6.45) is 0.374. The first-order valence-electron chi connectivity index (χ1n) is 8.21. The van der Waals surface area contributed by atoms with Crippen molar-refractivity contribution in [1.29, 1.82) is 0 Å². The Kier molecular flexibility index (Phi) is 5.66. The van der Waals surface area contributed by atoms with Gasteiger partial charge in [0.2, 0.25) is 6.79 Å². The normalized spacial score (nSPS) is 11.2. The van der Waals surface area contributed by atoms with E-state index in [1.165, 1.54) is 16.7 Å². The Morgan fingerprint density at radius 2 is 1.62 bits per heavy atom. The van der Waals surface area contributed by atoms with Gasteiger partial charge in [-0.1, -0.05) is 51.1 Å². The lowest BCUT2D eigenvalue weighted by atomic mass is 9.93. The minimum atomic E-state index is -0.242. The van der Waals surface area contributed by atoms with Crippen LogP contribution >= 0.6 is 0 Å². The smallest absolute Gasteiger partial charge is 0.309 e. The first kappa shape index (κ1) is 18.1. The summed E-state index contributed by atoms with van der Waals surface area (Å²) < 4.78 is 10.8. The van der Waals surface area contributed by atoms with Crippen molar-refractivity contribution < 1.29 is 14.3 Å². The molecule has 0 aliphatic rings. The van der Waals surface area contributed by atoms with E-state index in [1.54, 1.807) is 0 Å². The third-order valence-corrected chi connectivity index (χ3v) is 3.76. The molecule has 0 saturated carbocycles. The maximum absolute atomic E-state index is 11.7. The molecule has 0 heterocycles. The summed E-state index contributed by atoms with van der Waals surface area (Å²) in [4.78, 5) is 11.7. The molecule has 2 rings (SSSR count). The molecular weight excluding hydrogens is 300 g/mol. The molecule has 0 spiro atoms. The average molecular weight is 326 g/mol. The number of esters is 1. The van der Waals surface area contributed by atoms with Crippen LogP contribution in [0.1, 0.15) is 38.3 Å². The fourth-order valence-corrected chi connectivity index (χ4v) is 2.50. The second kappa shape index (κ2) is 7.52. The van der Waals surface area contributed by atoms with Crippen LogP contribution in [0.4, 0.5) is 0 Å². The second-order valence-electron chi connectivity index (χ2n) is 7.31. The summed E-state index contributed by atoms with van der Waals surface area (Å²) in [6.45, 7) is 10.1. The molecule has 0 aliphatic carbocycles. The molecule has 0 bridgehead atoms. The van der Waals surface area contributed by atoms with E-state index < -0.39 is 0 Å². The van der Waals surface area contributed by atoms with Gasteiger partial charge >= 0.3 is 5.97 Å². The summed E-state index contributed by atoms with van der Waals surface area (Å²) in [6, 6.07) is 14.2. The topological polar surface area (TPSA) is 35.5 Å². The summed E-state index contributed by atoms with van der Waals surface area (Å²) >= 11 is 0. The highest BCUT2D eigenvalue weighted by Gasteiger charge is 2.17. The number of hydrogen-bond acceptors (Lipinski definition) is 3. The van der Waals surface area contributed by atoms with Crippen molar-refractivity contribution in [3.05, 3.63) is 53.6 Å². The van der Waals surface area contributed by atoms with Crippen LogP contribution in [0.5, 0.6) is 5.75 Å². The van der Waals surface area contributed by atoms with E-state index in [-0.39, 0.29) is 18.2 Å². The van der Waals surface area contributed by atoms with Crippen molar-refractivity contribution in [2.75, 3.05) is 6.79 Å². The lowest BCUT2D eigenvalue weighted by Crippen LogP contribution is -2.17. The van der Waals surface area contributed by atoms with Crippen LogP contribution in [0.25, 0.3) is 11.1 Å². The third-order valence-electron chi connectivity index (χ3n) is 3.76. The summed E-state index contributed by atoms with van der Waals surface area (Å²) in [5.74, 6) is 0.455. The van der Waals surface area contributed by atoms with Crippen molar-refractivity contribution in [2.24, 2.45) is 5.41 Å². The van der Waals surface area contributed by atoms with Gasteiger partial charge in [0, 0.05) is 0 Å². The first-order chi connectivity index (χ1) is 11.3. The molecule has 0 saturated heterocycles. The average Bonchev–Trinajstić information content (AvgIpc) is 2.48. The number of aryl methyl sites for hydroxylation is 2. The number of hydrogen-bond donors (Lipinski definition) is 0. The van der Waals surface area contributed by atoms with Gasteiger partial charge in [0.1, 0.15) is 5.75 Å². The molecule has 3 heteroatoms. The van der Waals surface area contributed by atoms with Crippen LogP contribution in [0.15, 0.2) is 42.5 Å². The second-order valence-corrected chi connectivity index (χ2v) is 7.31. The Labute approximate surface area is 144 Å². The van der Waals surface area contributed by atoms with Crippen molar-refractivity contribution >= 4 is 5.97 Å². The highest BCUT2D eigenvalue weighted by atomic mass is 16.7. The van der Waals surface area contributed by atoms with E-state index in [2.05, 4.69) is 26.0 Å². The summed E-state index contributed by atoms with van der Waals surface area (Å²) in [7, 11) is 0. The highest BCUT2D eigenvalue weighted by molar-refractivity contribution is 5.72. The lowest BCUT2D eigenvalue weighted by molar-refractivity contribution is -0.152. The lowest BCUT2D eigenvalue weighted by Gasteiger charge is -2.17. The Hall–Kier alpha value is -2.29. The number of benzene rings is 2. The maximum Gasteiger partial charge on any atom is 0.309 e. The van der Waals surface area contributed by atoms with Gasteiger partial charge in [-0.05, 0) is 53.6 Å². The van der Waals surface area contributed by atoms with Crippen LogP contribution < -0.4 is 4.74 Å². The molecule has 3 nitrogen and oxygen atoms in total. The molecule has 0 fully saturated rings. The first-order valence-corrected chi connectivity index (χ1v) is 8.21. The predicted octanol–water partition coefficient (Wildman–Crippen LogP) is 5.29. The van der Waals surface area contributed by atoms with Gasteiger partial charge < -0.3 is 9.47 Å². The Morgan fingerprint density at radius 1 is 0.958 bits per heavy atom. The van der Waals surface area contributed by atoms with E-state index in [1.807, 2.05) is 51.1 Å². The van der Waals surface area contributed by atoms with Crippen molar-refractivity contribution in [3.8, 4) is 16.9 Å². The molecule has 128 valence electrons. The predicted molar refractivity (Wildman–Crippen MR) is 97.0 cm³/mol. The molecule has 0 radical (unpaired) electrons. The zero-order chi connectivity index (χ0) is 17.7. The van der Waals surface area contributed by atoms with Gasteiger partial charge in [-0.3, -0.25) is 4.79 Å². The number of carbonyl (C=O) groups excluding carboxylic acids is 1. The molecule has 0 N–H and O–H groups in total. The molecular formula is C21H26O3. The Bertz CT molecular complexity index is 711. The monoisotopic (exact) mass is 326 g/mol. The molecule has 2 aromatic rings. The molecule has 0 unspecified atom stereocenters. The van der Waals surface area contributed by atoms with Gasteiger partial charge in [0.15, 0.2) is 0 Å². The summed E-state index contributed by atoms with van der Waals surface area (Å²) in [5.41, 5.74) is 4.63. The Balaban J connectivity index is 2.04. The van der Waals surface area contributed by atoms with E-state index in [0.29, 0.717) is 12.2 Å². The zero-order valence-electron chi connectivity index (χ0n) is 15.2. The van der Waals surface area contributed by atoms with Gasteiger partial charge in [-0.25, -0.2) is 0 Å². The largest absolute Gasteiger partial charge is 0.457 e. The van der Waals surface area contributed by atoms with Gasteiger partial charge in [-0.2, -0.15) is 0 Å². The molecule has 0 aromatic heterocycles. The minimum Gasteiger partial charge on any atom is -0.457 e. The van der Waals surface area contributed by atoms with Crippen LogP contribution in [0, 0.1) is 19.3 Å². The fourth-order valence-electron chi connectivity index (χ4n) is 2.50. The van der Waals surface area contributed by atoms with Gasteiger partial charge in [0.05, 0.1) is 6.42 Å². The van der Waals surface area contributed by atoms with Gasteiger partial charge in [0.25, 0.3) is 0 Å².